The highest BCUT2D eigenvalue weighted by molar-refractivity contribution is 6.05. The van der Waals surface area contributed by atoms with E-state index in [9.17, 15) is 18.4 Å². The van der Waals surface area contributed by atoms with Gasteiger partial charge in [0.25, 0.3) is 5.91 Å². The highest BCUT2D eigenvalue weighted by Gasteiger charge is 2.23. The summed E-state index contributed by atoms with van der Waals surface area (Å²) < 4.78 is 31.6. The van der Waals surface area contributed by atoms with E-state index in [2.05, 4.69) is 15.0 Å². The van der Waals surface area contributed by atoms with E-state index in [4.69, 9.17) is 0 Å². The maximum absolute atomic E-state index is 13.6. The summed E-state index contributed by atoms with van der Waals surface area (Å²) in [7, 11) is 0. The van der Waals surface area contributed by atoms with Gasteiger partial charge in [-0.1, -0.05) is 5.16 Å². The number of aromatic nitrogens is 1. The quantitative estimate of drug-likeness (QED) is 0.865. The average molecular weight is 268 g/mol. The third-order valence-electron chi connectivity index (χ3n) is 2.44. The van der Waals surface area contributed by atoms with E-state index >= 15 is 0 Å². The molecular weight excluding hydrogens is 258 g/mol. The van der Waals surface area contributed by atoms with Crippen LogP contribution in [0.1, 0.15) is 34.7 Å². The molecule has 19 heavy (non-hydrogen) atoms. The Bertz CT molecular complexity index is 665. The molecule has 5 nitrogen and oxygen atoms in total. The van der Waals surface area contributed by atoms with Crippen molar-refractivity contribution in [2.75, 3.05) is 0 Å². The smallest absolute Gasteiger partial charge is 0.274 e. The Balaban J connectivity index is 2.62. The van der Waals surface area contributed by atoms with Crippen LogP contribution >= 0.6 is 0 Å². The van der Waals surface area contributed by atoms with Gasteiger partial charge in [0.1, 0.15) is 0 Å². The van der Waals surface area contributed by atoms with Crippen molar-refractivity contribution in [3.8, 4) is 0 Å². The van der Waals surface area contributed by atoms with Crippen LogP contribution < -0.4 is 5.32 Å². The molecule has 2 aromatic rings. The zero-order valence-corrected chi connectivity index (χ0v) is 10.2. The minimum absolute atomic E-state index is 0.0425. The molecule has 0 atom stereocenters. The summed E-state index contributed by atoms with van der Waals surface area (Å²) >= 11 is 0. The second-order valence-corrected chi connectivity index (χ2v) is 4.25. The number of carbonyl (C=O) groups excluding carboxylic acids is 2. The van der Waals surface area contributed by atoms with Crippen molar-refractivity contribution in [2.24, 2.45) is 0 Å². The molecule has 0 saturated heterocycles. The molecule has 100 valence electrons. The van der Waals surface area contributed by atoms with Gasteiger partial charge in [0.05, 0.1) is 10.9 Å². The fourth-order valence-corrected chi connectivity index (χ4v) is 1.61. The normalized spacial score (nSPS) is 11.0. The zero-order chi connectivity index (χ0) is 14.2. The van der Waals surface area contributed by atoms with Gasteiger partial charge in [-0.05, 0) is 19.9 Å². The standard InChI is InChI=1S/C12H10F2N2O3/c1-5(2)15-12(18)10-7-3-6(4-17)8(13)9(14)11(7)19-16-10/h3-5H,1-2H3,(H,15,18). The lowest BCUT2D eigenvalue weighted by atomic mass is 10.1. The first kappa shape index (κ1) is 13.1. The van der Waals surface area contributed by atoms with Crippen molar-refractivity contribution in [2.45, 2.75) is 19.9 Å². The fourth-order valence-electron chi connectivity index (χ4n) is 1.61. The third-order valence-corrected chi connectivity index (χ3v) is 2.44. The first-order chi connectivity index (χ1) is 8.95. The molecule has 0 unspecified atom stereocenters. The van der Waals surface area contributed by atoms with Crippen LogP contribution in [-0.2, 0) is 0 Å². The lowest BCUT2D eigenvalue weighted by Crippen LogP contribution is -2.30. The van der Waals surface area contributed by atoms with Gasteiger partial charge in [-0.2, -0.15) is 4.39 Å². The van der Waals surface area contributed by atoms with Crippen LogP contribution in [0.3, 0.4) is 0 Å². The molecule has 0 fully saturated rings. The van der Waals surface area contributed by atoms with Crippen molar-refractivity contribution in [1.82, 2.24) is 10.5 Å². The van der Waals surface area contributed by atoms with Crippen LogP contribution in [0.25, 0.3) is 11.0 Å². The van der Waals surface area contributed by atoms with Crippen molar-refractivity contribution in [3.63, 3.8) is 0 Å². The lowest BCUT2D eigenvalue weighted by Gasteiger charge is -2.05. The minimum Gasteiger partial charge on any atom is -0.352 e. The number of hydrogen-bond acceptors (Lipinski definition) is 4. The van der Waals surface area contributed by atoms with Gasteiger partial charge in [-0.15, -0.1) is 0 Å². The monoisotopic (exact) mass is 268 g/mol. The minimum atomic E-state index is -1.34. The van der Waals surface area contributed by atoms with E-state index in [0.29, 0.717) is 0 Å². The van der Waals surface area contributed by atoms with Gasteiger partial charge in [0.2, 0.25) is 11.4 Å². The second-order valence-electron chi connectivity index (χ2n) is 4.25. The van der Waals surface area contributed by atoms with Crippen LogP contribution in [0, 0.1) is 11.6 Å². The van der Waals surface area contributed by atoms with Gasteiger partial charge in [0.15, 0.2) is 17.8 Å². The lowest BCUT2D eigenvalue weighted by molar-refractivity contribution is 0.0935. The SMILES string of the molecule is CC(C)NC(=O)c1noc2c(F)c(F)c(C=O)cc12. The highest BCUT2D eigenvalue weighted by Crippen LogP contribution is 2.25. The Morgan fingerprint density at radius 3 is 2.68 bits per heavy atom. The van der Waals surface area contributed by atoms with E-state index < -0.39 is 28.7 Å². The van der Waals surface area contributed by atoms with Gasteiger partial charge in [-0.3, -0.25) is 9.59 Å². The Hall–Kier alpha value is -2.31. The molecule has 1 aromatic heterocycles. The molecule has 0 spiro atoms. The largest absolute Gasteiger partial charge is 0.352 e. The van der Waals surface area contributed by atoms with Crippen LogP contribution in [0.5, 0.6) is 0 Å². The summed E-state index contributed by atoms with van der Waals surface area (Å²) in [4.78, 5) is 22.4. The highest BCUT2D eigenvalue weighted by atomic mass is 19.2. The van der Waals surface area contributed by atoms with Crippen molar-refractivity contribution in [1.29, 1.82) is 0 Å². The van der Waals surface area contributed by atoms with E-state index in [-0.39, 0.29) is 23.4 Å². The fraction of sp³-hybridized carbons (Fsp3) is 0.250. The van der Waals surface area contributed by atoms with Crippen molar-refractivity contribution in [3.05, 3.63) is 29.0 Å². The molecule has 0 aliphatic rings. The summed E-state index contributed by atoms with van der Waals surface area (Å²) in [5.74, 6) is -3.25. The number of amides is 1. The second kappa shape index (κ2) is 4.75. The molecule has 0 saturated carbocycles. The summed E-state index contributed by atoms with van der Waals surface area (Å²) in [5.41, 5.74) is -1.17. The first-order valence-corrected chi connectivity index (χ1v) is 5.49. The zero-order valence-electron chi connectivity index (χ0n) is 10.2. The predicted octanol–water partition coefficient (Wildman–Crippen LogP) is 2.06. The van der Waals surface area contributed by atoms with Crippen molar-refractivity contribution >= 4 is 23.2 Å². The van der Waals surface area contributed by atoms with Crippen LogP contribution in [-0.4, -0.2) is 23.4 Å². The third kappa shape index (κ3) is 2.18. The summed E-state index contributed by atoms with van der Waals surface area (Å²) in [6.07, 6.45) is 0.162. The Morgan fingerprint density at radius 2 is 2.11 bits per heavy atom. The number of nitrogens with zero attached hydrogens (tertiary/aromatic N) is 1. The number of carbonyl (C=O) groups is 2. The van der Waals surface area contributed by atoms with Crippen LogP contribution in [0.4, 0.5) is 8.78 Å². The Kier molecular flexibility index (Phi) is 3.28. The number of aldehydes is 1. The van der Waals surface area contributed by atoms with E-state index in [1.807, 2.05) is 0 Å². The topological polar surface area (TPSA) is 72.2 Å². The molecular formula is C12H10F2N2O3. The van der Waals surface area contributed by atoms with E-state index in [0.717, 1.165) is 6.07 Å². The van der Waals surface area contributed by atoms with Gasteiger partial charge < -0.3 is 9.84 Å². The maximum Gasteiger partial charge on any atom is 0.274 e. The molecule has 0 bridgehead atoms. The number of halogens is 2. The molecule has 1 aromatic carbocycles. The number of rotatable bonds is 3. The molecule has 0 radical (unpaired) electrons. The molecule has 1 heterocycles. The molecule has 2 rings (SSSR count). The van der Waals surface area contributed by atoms with Gasteiger partial charge >= 0.3 is 0 Å². The van der Waals surface area contributed by atoms with Crippen molar-refractivity contribution < 1.29 is 22.9 Å². The van der Waals surface area contributed by atoms with Crippen LogP contribution in [0.15, 0.2) is 10.6 Å². The Morgan fingerprint density at radius 1 is 1.42 bits per heavy atom. The molecule has 7 heteroatoms. The van der Waals surface area contributed by atoms with E-state index in [1.54, 1.807) is 13.8 Å². The summed E-state index contributed by atoms with van der Waals surface area (Å²) in [5, 5.41) is 5.92. The first-order valence-electron chi connectivity index (χ1n) is 5.49. The Labute approximate surface area is 106 Å². The molecule has 1 amide bonds. The summed E-state index contributed by atoms with van der Waals surface area (Å²) in [6.45, 7) is 3.47. The van der Waals surface area contributed by atoms with Crippen LogP contribution in [0.2, 0.25) is 0 Å². The average Bonchev–Trinajstić information content (AvgIpc) is 2.76. The maximum atomic E-state index is 13.6. The molecule has 1 N–H and O–H groups in total. The predicted molar refractivity (Wildman–Crippen MR) is 61.9 cm³/mol. The molecule has 0 aliphatic carbocycles. The number of fused-ring (bicyclic) bond motifs is 1. The number of hydrogen-bond donors (Lipinski definition) is 1. The number of benzene rings is 1. The van der Waals surface area contributed by atoms with Gasteiger partial charge in [-0.25, -0.2) is 4.39 Å². The summed E-state index contributed by atoms with van der Waals surface area (Å²) in [6, 6.07) is 0.877. The number of nitrogens with one attached hydrogen (secondary N) is 1. The molecule has 0 aliphatic heterocycles. The van der Waals surface area contributed by atoms with Gasteiger partial charge in [0, 0.05) is 6.04 Å². The van der Waals surface area contributed by atoms with E-state index in [1.165, 1.54) is 0 Å².